The van der Waals surface area contributed by atoms with Crippen LogP contribution in [0.1, 0.15) is 22.2 Å². The van der Waals surface area contributed by atoms with E-state index in [1.54, 1.807) is 19.2 Å². The van der Waals surface area contributed by atoms with E-state index in [0.29, 0.717) is 11.3 Å². The second kappa shape index (κ2) is 8.57. The zero-order chi connectivity index (χ0) is 22.0. The number of ether oxygens (including phenoxy) is 1. The van der Waals surface area contributed by atoms with Gasteiger partial charge in [-0.1, -0.05) is 36.4 Å². The molecule has 0 aliphatic carbocycles. The van der Waals surface area contributed by atoms with Crippen molar-refractivity contribution in [3.05, 3.63) is 71.7 Å². The standard InChI is InChI=1S/C22H21FN4O4/c1-26-19(12-18(25-26)14-5-3-2-4-6-14)21(28)24-17-8-7-15(11-16(17)23)20-13-27(22(29)30)9-10-31-20/h2-8,11-12,20H,9-10,13H2,1H3,(H,24,28)(H,29,30)/t20-/m0/s1. The first kappa shape index (κ1) is 20.5. The van der Waals surface area contributed by atoms with Crippen LogP contribution in [0.2, 0.25) is 0 Å². The fraction of sp³-hybridized carbons (Fsp3) is 0.227. The fourth-order valence-electron chi connectivity index (χ4n) is 3.47. The maximum Gasteiger partial charge on any atom is 0.407 e. The zero-order valence-electron chi connectivity index (χ0n) is 16.8. The van der Waals surface area contributed by atoms with E-state index >= 15 is 0 Å². The van der Waals surface area contributed by atoms with Crippen molar-refractivity contribution in [3.63, 3.8) is 0 Å². The second-order valence-corrected chi connectivity index (χ2v) is 7.19. The van der Waals surface area contributed by atoms with Crippen molar-refractivity contribution in [2.45, 2.75) is 6.10 Å². The Bertz CT molecular complexity index is 1120. The highest BCUT2D eigenvalue weighted by atomic mass is 19.1. The number of nitrogens with zero attached hydrogens (tertiary/aromatic N) is 3. The number of morpholine rings is 1. The monoisotopic (exact) mass is 424 g/mol. The number of carbonyl (C=O) groups excluding carboxylic acids is 1. The third kappa shape index (κ3) is 4.41. The van der Waals surface area contributed by atoms with Crippen LogP contribution in [0, 0.1) is 5.82 Å². The van der Waals surface area contributed by atoms with Gasteiger partial charge in [-0.25, -0.2) is 9.18 Å². The van der Waals surface area contributed by atoms with E-state index in [-0.39, 0.29) is 31.1 Å². The van der Waals surface area contributed by atoms with Crippen LogP contribution >= 0.6 is 0 Å². The third-order valence-corrected chi connectivity index (χ3v) is 5.13. The van der Waals surface area contributed by atoms with E-state index in [2.05, 4.69) is 10.4 Å². The quantitative estimate of drug-likeness (QED) is 0.668. The lowest BCUT2D eigenvalue weighted by Gasteiger charge is -2.31. The lowest BCUT2D eigenvalue weighted by atomic mass is 10.1. The lowest BCUT2D eigenvalue weighted by molar-refractivity contribution is -0.0233. The summed E-state index contributed by atoms with van der Waals surface area (Å²) >= 11 is 0. The molecule has 0 radical (unpaired) electrons. The molecule has 2 aromatic carbocycles. The first-order valence-corrected chi connectivity index (χ1v) is 9.72. The van der Waals surface area contributed by atoms with Crippen molar-refractivity contribution in [1.29, 1.82) is 0 Å². The van der Waals surface area contributed by atoms with E-state index in [1.165, 1.54) is 21.7 Å². The third-order valence-electron chi connectivity index (χ3n) is 5.13. The summed E-state index contributed by atoms with van der Waals surface area (Å²) in [4.78, 5) is 25.1. The van der Waals surface area contributed by atoms with Gasteiger partial charge in [0, 0.05) is 19.2 Å². The Morgan fingerprint density at radius 1 is 1.19 bits per heavy atom. The van der Waals surface area contributed by atoms with Crippen LogP contribution in [0.5, 0.6) is 0 Å². The van der Waals surface area contributed by atoms with E-state index in [0.717, 1.165) is 5.56 Å². The number of benzene rings is 2. The molecule has 2 amide bonds. The molecule has 1 aromatic heterocycles. The Labute approximate surface area is 177 Å². The molecule has 0 spiro atoms. The van der Waals surface area contributed by atoms with Gasteiger partial charge in [0.1, 0.15) is 17.6 Å². The van der Waals surface area contributed by atoms with Crippen LogP contribution in [0.4, 0.5) is 14.9 Å². The molecule has 4 rings (SSSR count). The lowest BCUT2D eigenvalue weighted by Crippen LogP contribution is -2.41. The van der Waals surface area contributed by atoms with Gasteiger partial charge in [-0.3, -0.25) is 9.48 Å². The molecule has 1 aliphatic rings. The van der Waals surface area contributed by atoms with Gasteiger partial charge in [-0.15, -0.1) is 0 Å². The van der Waals surface area contributed by atoms with E-state index in [1.807, 2.05) is 30.3 Å². The highest BCUT2D eigenvalue weighted by Gasteiger charge is 2.26. The molecule has 3 aromatic rings. The number of hydrogen-bond donors (Lipinski definition) is 2. The molecule has 160 valence electrons. The summed E-state index contributed by atoms with van der Waals surface area (Å²) in [6.07, 6.45) is -1.60. The average molecular weight is 424 g/mol. The molecular weight excluding hydrogens is 403 g/mol. The number of hydrogen-bond acceptors (Lipinski definition) is 4. The van der Waals surface area contributed by atoms with Crippen molar-refractivity contribution >= 4 is 17.7 Å². The number of carbonyl (C=O) groups is 2. The van der Waals surface area contributed by atoms with Crippen LogP contribution < -0.4 is 5.32 Å². The van der Waals surface area contributed by atoms with Gasteiger partial charge in [0.05, 0.1) is 24.5 Å². The summed E-state index contributed by atoms with van der Waals surface area (Å²) in [7, 11) is 1.65. The van der Waals surface area contributed by atoms with Crippen molar-refractivity contribution < 1.29 is 23.8 Å². The topological polar surface area (TPSA) is 96.7 Å². The smallest absolute Gasteiger partial charge is 0.407 e. The zero-order valence-corrected chi connectivity index (χ0v) is 16.8. The number of aromatic nitrogens is 2. The van der Waals surface area contributed by atoms with Crippen LogP contribution in [-0.4, -0.2) is 51.5 Å². The summed E-state index contributed by atoms with van der Waals surface area (Å²) in [5, 5.41) is 16.1. The molecule has 2 heterocycles. The highest BCUT2D eigenvalue weighted by Crippen LogP contribution is 2.26. The Morgan fingerprint density at radius 3 is 2.68 bits per heavy atom. The molecule has 9 heteroatoms. The molecule has 0 saturated carbocycles. The van der Waals surface area contributed by atoms with Gasteiger partial charge in [0.2, 0.25) is 0 Å². The number of rotatable bonds is 4. The summed E-state index contributed by atoms with van der Waals surface area (Å²) in [5.74, 6) is -1.12. The van der Waals surface area contributed by atoms with Gasteiger partial charge >= 0.3 is 6.09 Å². The molecule has 0 unspecified atom stereocenters. The van der Waals surface area contributed by atoms with Gasteiger partial charge < -0.3 is 20.1 Å². The predicted molar refractivity (Wildman–Crippen MR) is 111 cm³/mol. The number of amides is 2. The Morgan fingerprint density at radius 2 is 1.97 bits per heavy atom. The first-order valence-electron chi connectivity index (χ1n) is 9.72. The number of carboxylic acid groups (broad SMARTS) is 1. The van der Waals surface area contributed by atoms with Crippen molar-refractivity contribution in [2.75, 3.05) is 25.0 Å². The maximum atomic E-state index is 14.7. The predicted octanol–water partition coefficient (Wildman–Crippen LogP) is 3.53. The largest absolute Gasteiger partial charge is 0.465 e. The van der Waals surface area contributed by atoms with E-state index in [4.69, 9.17) is 9.84 Å². The molecule has 1 saturated heterocycles. The van der Waals surface area contributed by atoms with E-state index < -0.39 is 23.9 Å². The molecule has 0 bridgehead atoms. The molecule has 1 atom stereocenters. The van der Waals surface area contributed by atoms with Gasteiger partial charge in [0.15, 0.2) is 0 Å². The molecular formula is C22H21FN4O4. The van der Waals surface area contributed by atoms with Crippen LogP contribution in [0.3, 0.4) is 0 Å². The van der Waals surface area contributed by atoms with E-state index in [9.17, 15) is 14.0 Å². The molecule has 31 heavy (non-hydrogen) atoms. The summed E-state index contributed by atoms with van der Waals surface area (Å²) in [5.41, 5.74) is 2.32. The molecule has 1 aliphatic heterocycles. The number of anilines is 1. The minimum absolute atomic E-state index is 0.0158. The average Bonchev–Trinajstić information content (AvgIpc) is 3.17. The number of nitrogens with one attached hydrogen (secondary N) is 1. The van der Waals surface area contributed by atoms with Gasteiger partial charge in [-0.2, -0.15) is 5.10 Å². The van der Waals surface area contributed by atoms with Gasteiger partial charge in [0.25, 0.3) is 5.91 Å². The van der Waals surface area contributed by atoms with Crippen molar-refractivity contribution in [2.24, 2.45) is 7.05 Å². The first-order chi connectivity index (χ1) is 14.9. The number of aryl methyl sites for hydroxylation is 1. The summed E-state index contributed by atoms with van der Waals surface area (Å²) in [6, 6.07) is 15.4. The number of halogens is 1. The molecule has 1 fully saturated rings. The second-order valence-electron chi connectivity index (χ2n) is 7.19. The summed E-state index contributed by atoms with van der Waals surface area (Å²) < 4.78 is 21.7. The van der Waals surface area contributed by atoms with Crippen LogP contribution in [0.25, 0.3) is 11.3 Å². The Kier molecular flexibility index (Phi) is 5.68. The fourth-order valence-corrected chi connectivity index (χ4v) is 3.47. The minimum Gasteiger partial charge on any atom is -0.465 e. The SMILES string of the molecule is Cn1nc(-c2ccccc2)cc1C(=O)Nc1ccc([C@@H]2CN(C(=O)O)CCO2)cc1F. The maximum absolute atomic E-state index is 14.7. The molecule has 8 nitrogen and oxygen atoms in total. The van der Waals surface area contributed by atoms with Gasteiger partial charge in [-0.05, 0) is 23.8 Å². The summed E-state index contributed by atoms with van der Waals surface area (Å²) in [6.45, 7) is 0.636. The minimum atomic E-state index is -1.04. The van der Waals surface area contributed by atoms with Crippen LogP contribution in [-0.2, 0) is 11.8 Å². The van der Waals surface area contributed by atoms with Crippen molar-refractivity contribution in [1.82, 2.24) is 14.7 Å². The Balaban J connectivity index is 1.49. The van der Waals surface area contributed by atoms with Crippen LogP contribution in [0.15, 0.2) is 54.6 Å². The Hall–Kier alpha value is -3.72. The van der Waals surface area contributed by atoms with Crippen molar-refractivity contribution in [3.8, 4) is 11.3 Å². The highest BCUT2D eigenvalue weighted by molar-refractivity contribution is 6.03. The normalized spacial score (nSPS) is 16.2. The molecule has 2 N–H and O–H groups in total.